The molecule has 0 spiro atoms. The molecule has 1 aromatic heterocycles. The lowest BCUT2D eigenvalue weighted by Crippen LogP contribution is -2.49. The van der Waals surface area contributed by atoms with E-state index in [2.05, 4.69) is 23.0 Å². The van der Waals surface area contributed by atoms with Gasteiger partial charge in [-0.25, -0.2) is 8.42 Å². The SMILES string of the molecule is Cc1cc(C)n(CCN2CCN(C(=O)CCS(=O)(=O)c3ccccc3)CC2)n1. The van der Waals surface area contributed by atoms with Gasteiger partial charge < -0.3 is 4.90 Å². The number of rotatable bonds is 7. The maximum Gasteiger partial charge on any atom is 0.223 e. The summed E-state index contributed by atoms with van der Waals surface area (Å²) in [6.07, 6.45) is 0.0307. The Hall–Kier alpha value is -2.19. The normalized spacial score (nSPS) is 15.7. The molecule has 0 N–H and O–H groups in total. The van der Waals surface area contributed by atoms with Crippen LogP contribution in [0.1, 0.15) is 17.8 Å². The van der Waals surface area contributed by atoms with E-state index in [0.717, 1.165) is 37.6 Å². The predicted molar refractivity (Wildman–Crippen MR) is 108 cm³/mol. The smallest absolute Gasteiger partial charge is 0.223 e. The highest BCUT2D eigenvalue weighted by Gasteiger charge is 2.23. The van der Waals surface area contributed by atoms with E-state index in [0.29, 0.717) is 13.1 Å². The van der Waals surface area contributed by atoms with E-state index in [4.69, 9.17) is 0 Å². The van der Waals surface area contributed by atoms with Gasteiger partial charge in [-0.2, -0.15) is 5.10 Å². The van der Waals surface area contributed by atoms with Gasteiger partial charge in [0.05, 0.1) is 22.9 Å². The van der Waals surface area contributed by atoms with Crippen molar-refractivity contribution >= 4 is 15.7 Å². The molecule has 1 aliphatic rings. The molecule has 2 heterocycles. The van der Waals surface area contributed by atoms with Crippen LogP contribution in [-0.2, 0) is 21.2 Å². The molecule has 1 fully saturated rings. The number of benzene rings is 1. The van der Waals surface area contributed by atoms with Crippen LogP contribution < -0.4 is 0 Å². The van der Waals surface area contributed by atoms with E-state index in [1.807, 2.05) is 11.6 Å². The first kappa shape index (κ1) is 20.5. The molecule has 1 aromatic carbocycles. The second kappa shape index (κ2) is 8.87. The van der Waals surface area contributed by atoms with Gasteiger partial charge in [0.1, 0.15) is 0 Å². The number of aryl methyl sites for hydroxylation is 2. The van der Waals surface area contributed by atoms with Crippen LogP contribution in [0.25, 0.3) is 0 Å². The van der Waals surface area contributed by atoms with Gasteiger partial charge in [0, 0.05) is 44.8 Å². The molecule has 0 atom stereocenters. The topological polar surface area (TPSA) is 75.5 Å². The molecule has 28 heavy (non-hydrogen) atoms. The van der Waals surface area contributed by atoms with Gasteiger partial charge in [0.15, 0.2) is 9.84 Å². The summed E-state index contributed by atoms with van der Waals surface area (Å²) < 4.78 is 26.7. The Kier molecular flexibility index (Phi) is 6.51. The molecule has 1 saturated heterocycles. The van der Waals surface area contributed by atoms with Crippen molar-refractivity contribution in [3.63, 3.8) is 0 Å². The molecular weight excluding hydrogens is 376 g/mol. The Bertz CT molecular complexity index is 901. The minimum atomic E-state index is -3.41. The third kappa shape index (κ3) is 5.20. The van der Waals surface area contributed by atoms with E-state index < -0.39 is 9.84 Å². The Labute approximate surface area is 166 Å². The zero-order valence-electron chi connectivity index (χ0n) is 16.5. The first-order valence-electron chi connectivity index (χ1n) is 9.64. The van der Waals surface area contributed by atoms with Gasteiger partial charge >= 0.3 is 0 Å². The van der Waals surface area contributed by atoms with Crippen LogP contribution >= 0.6 is 0 Å². The minimum Gasteiger partial charge on any atom is -0.340 e. The zero-order chi connectivity index (χ0) is 20.1. The molecular formula is C20H28N4O3S. The fraction of sp³-hybridized carbons (Fsp3) is 0.500. The summed E-state index contributed by atoms with van der Waals surface area (Å²) in [5.41, 5.74) is 2.18. The summed E-state index contributed by atoms with van der Waals surface area (Å²) in [7, 11) is -3.41. The summed E-state index contributed by atoms with van der Waals surface area (Å²) in [5, 5.41) is 4.48. The second-order valence-electron chi connectivity index (χ2n) is 7.25. The van der Waals surface area contributed by atoms with Crippen molar-refractivity contribution in [2.45, 2.75) is 31.7 Å². The first-order valence-corrected chi connectivity index (χ1v) is 11.3. The van der Waals surface area contributed by atoms with Crippen LogP contribution in [0.5, 0.6) is 0 Å². The average Bonchev–Trinajstić information content (AvgIpc) is 3.02. The fourth-order valence-electron chi connectivity index (χ4n) is 3.48. The largest absolute Gasteiger partial charge is 0.340 e. The molecule has 8 heteroatoms. The summed E-state index contributed by atoms with van der Waals surface area (Å²) in [6, 6.07) is 10.4. The number of piperazine rings is 1. The maximum atomic E-state index is 12.4. The highest BCUT2D eigenvalue weighted by molar-refractivity contribution is 7.91. The Morgan fingerprint density at radius 1 is 1.04 bits per heavy atom. The summed E-state index contributed by atoms with van der Waals surface area (Å²) in [5.74, 6) is -0.230. The van der Waals surface area contributed by atoms with E-state index in [1.165, 1.54) is 0 Å². The van der Waals surface area contributed by atoms with E-state index in [-0.39, 0.29) is 23.0 Å². The number of hydrogen-bond acceptors (Lipinski definition) is 5. The van der Waals surface area contributed by atoms with Crippen LogP contribution in [0, 0.1) is 13.8 Å². The highest BCUT2D eigenvalue weighted by Crippen LogP contribution is 2.13. The number of aromatic nitrogens is 2. The number of carbonyl (C=O) groups is 1. The summed E-state index contributed by atoms with van der Waals surface area (Å²) >= 11 is 0. The van der Waals surface area contributed by atoms with Crippen molar-refractivity contribution in [1.29, 1.82) is 0 Å². The van der Waals surface area contributed by atoms with E-state index >= 15 is 0 Å². The van der Waals surface area contributed by atoms with Crippen LogP contribution in [-0.4, -0.2) is 72.4 Å². The van der Waals surface area contributed by atoms with Crippen molar-refractivity contribution in [3.05, 3.63) is 47.8 Å². The monoisotopic (exact) mass is 404 g/mol. The first-order chi connectivity index (χ1) is 13.3. The number of carbonyl (C=O) groups excluding carboxylic acids is 1. The molecule has 3 rings (SSSR count). The lowest BCUT2D eigenvalue weighted by Gasteiger charge is -2.34. The highest BCUT2D eigenvalue weighted by atomic mass is 32.2. The number of hydrogen-bond donors (Lipinski definition) is 0. The average molecular weight is 405 g/mol. The fourth-order valence-corrected chi connectivity index (χ4v) is 4.73. The zero-order valence-corrected chi connectivity index (χ0v) is 17.4. The van der Waals surface area contributed by atoms with Crippen molar-refractivity contribution in [3.8, 4) is 0 Å². The number of sulfone groups is 1. The predicted octanol–water partition coefficient (Wildman–Crippen LogP) is 1.51. The lowest BCUT2D eigenvalue weighted by molar-refractivity contribution is -0.132. The molecule has 0 saturated carbocycles. The van der Waals surface area contributed by atoms with Gasteiger partial charge in [0.2, 0.25) is 5.91 Å². The summed E-state index contributed by atoms with van der Waals surface area (Å²) in [6.45, 7) is 8.66. The van der Waals surface area contributed by atoms with Gasteiger partial charge in [0.25, 0.3) is 0 Å². The van der Waals surface area contributed by atoms with Crippen LogP contribution in [0.4, 0.5) is 0 Å². The van der Waals surface area contributed by atoms with Crippen LogP contribution in [0.3, 0.4) is 0 Å². The van der Waals surface area contributed by atoms with Crippen LogP contribution in [0.2, 0.25) is 0 Å². The van der Waals surface area contributed by atoms with Gasteiger partial charge in [-0.1, -0.05) is 18.2 Å². The molecule has 2 aromatic rings. The minimum absolute atomic E-state index is 0.0307. The van der Waals surface area contributed by atoms with Gasteiger partial charge in [-0.15, -0.1) is 0 Å². The molecule has 152 valence electrons. The Morgan fingerprint density at radius 2 is 1.71 bits per heavy atom. The Balaban J connectivity index is 1.43. The molecule has 0 unspecified atom stereocenters. The molecule has 0 aliphatic carbocycles. The third-order valence-electron chi connectivity index (χ3n) is 5.14. The maximum absolute atomic E-state index is 12.4. The van der Waals surface area contributed by atoms with Crippen LogP contribution in [0.15, 0.2) is 41.3 Å². The van der Waals surface area contributed by atoms with Crippen molar-refractivity contribution < 1.29 is 13.2 Å². The van der Waals surface area contributed by atoms with Crippen molar-refractivity contribution in [2.24, 2.45) is 0 Å². The van der Waals surface area contributed by atoms with E-state index in [1.54, 1.807) is 35.2 Å². The lowest BCUT2D eigenvalue weighted by atomic mass is 10.3. The molecule has 1 amide bonds. The summed E-state index contributed by atoms with van der Waals surface area (Å²) in [4.78, 5) is 16.8. The molecule has 1 aliphatic heterocycles. The second-order valence-corrected chi connectivity index (χ2v) is 9.36. The molecule has 0 bridgehead atoms. The third-order valence-corrected chi connectivity index (χ3v) is 6.88. The molecule has 7 nitrogen and oxygen atoms in total. The molecule has 0 radical (unpaired) electrons. The standard InChI is InChI=1S/C20H28N4O3S/c1-17-16-18(2)24(21-17)14-11-22-9-12-23(13-10-22)20(25)8-15-28(26,27)19-6-4-3-5-7-19/h3-7,16H,8-15H2,1-2H3. The quantitative estimate of drug-likeness (QED) is 0.699. The van der Waals surface area contributed by atoms with E-state index in [9.17, 15) is 13.2 Å². The van der Waals surface area contributed by atoms with Crippen molar-refractivity contribution in [1.82, 2.24) is 19.6 Å². The van der Waals surface area contributed by atoms with Gasteiger partial charge in [-0.05, 0) is 32.0 Å². The Morgan fingerprint density at radius 3 is 2.32 bits per heavy atom. The van der Waals surface area contributed by atoms with Gasteiger partial charge in [-0.3, -0.25) is 14.4 Å². The number of nitrogens with zero attached hydrogens (tertiary/aromatic N) is 4. The number of amides is 1. The van der Waals surface area contributed by atoms with Crippen molar-refractivity contribution in [2.75, 3.05) is 38.5 Å².